The van der Waals surface area contributed by atoms with Crippen LogP contribution in [-0.4, -0.2) is 42.9 Å². The molecule has 3 aromatic rings. The first kappa shape index (κ1) is 21.2. The van der Waals surface area contributed by atoms with Crippen molar-refractivity contribution in [2.75, 3.05) is 19.8 Å². The largest absolute Gasteiger partial charge is 0.448 e. The highest BCUT2D eigenvalue weighted by Gasteiger charge is 2.40. The van der Waals surface area contributed by atoms with Gasteiger partial charge >= 0.3 is 6.09 Å². The third kappa shape index (κ3) is 3.45. The minimum atomic E-state index is -0.239. The molecule has 6 rings (SSSR count). The number of aryl methyl sites for hydroxylation is 1. The van der Waals surface area contributed by atoms with Gasteiger partial charge in [-0.25, -0.2) is 4.79 Å². The molecule has 1 aliphatic carbocycles. The van der Waals surface area contributed by atoms with Gasteiger partial charge in [0.2, 0.25) is 0 Å². The molecule has 0 aromatic heterocycles. The molecule has 1 saturated heterocycles. The fraction of sp³-hybridized carbons (Fsp3) is 0.300. The molecule has 1 amide bonds. The molecule has 34 heavy (non-hydrogen) atoms. The summed E-state index contributed by atoms with van der Waals surface area (Å²) in [5.41, 5.74) is 10.1. The lowest BCUT2D eigenvalue weighted by molar-refractivity contribution is -0.0331. The second-order valence-corrected chi connectivity index (χ2v) is 9.61. The number of nitrogens with zero attached hydrogens (tertiary/aromatic N) is 1. The summed E-state index contributed by atoms with van der Waals surface area (Å²) in [4.78, 5) is 15.3. The lowest BCUT2D eigenvalue weighted by Gasteiger charge is -2.44. The van der Waals surface area contributed by atoms with E-state index in [4.69, 9.17) is 9.47 Å². The highest BCUT2D eigenvalue weighted by molar-refractivity contribution is 5.79. The molecular weight excluding hydrogens is 422 g/mol. The van der Waals surface area contributed by atoms with E-state index >= 15 is 0 Å². The Morgan fingerprint density at radius 1 is 0.912 bits per heavy atom. The summed E-state index contributed by atoms with van der Waals surface area (Å²) >= 11 is 0. The Balaban J connectivity index is 1.23. The van der Waals surface area contributed by atoms with Crippen molar-refractivity contribution >= 4 is 11.7 Å². The third-order valence-corrected chi connectivity index (χ3v) is 7.70. The van der Waals surface area contributed by atoms with Crippen LogP contribution in [0.3, 0.4) is 0 Å². The van der Waals surface area contributed by atoms with Crippen LogP contribution in [0.1, 0.15) is 40.2 Å². The monoisotopic (exact) mass is 451 g/mol. The van der Waals surface area contributed by atoms with Crippen LogP contribution in [-0.2, 0) is 9.47 Å². The van der Waals surface area contributed by atoms with Crippen LogP contribution in [0.4, 0.5) is 4.79 Å². The number of hydrogen-bond donors (Lipinski definition) is 0. The molecule has 4 heteroatoms. The maximum atomic E-state index is 13.4. The molecule has 3 aromatic carbocycles. The van der Waals surface area contributed by atoms with Gasteiger partial charge in [0.05, 0.1) is 25.3 Å². The lowest BCUT2D eigenvalue weighted by atomic mass is 9.87. The second-order valence-electron chi connectivity index (χ2n) is 9.61. The van der Waals surface area contributed by atoms with Crippen molar-refractivity contribution in [1.82, 2.24) is 4.90 Å². The van der Waals surface area contributed by atoms with Crippen LogP contribution in [0, 0.1) is 13.8 Å². The van der Waals surface area contributed by atoms with Crippen molar-refractivity contribution in [2.45, 2.75) is 38.3 Å². The molecule has 2 unspecified atom stereocenters. The van der Waals surface area contributed by atoms with Crippen molar-refractivity contribution in [3.05, 3.63) is 101 Å². The minimum Gasteiger partial charge on any atom is -0.448 e. The lowest BCUT2D eigenvalue weighted by Crippen LogP contribution is -2.56. The van der Waals surface area contributed by atoms with E-state index in [2.05, 4.69) is 86.7 Å². The fourth-order valence-corrected chi connectivity index (χ4v) is 5.85. The van der Waals surface area contributed by atoms with E-state index in [1.165, 1.54) is 44.5 Å². The Morgan fingerprint density at radius 2 is 1.59 bits per heavy atom. The van der Waals surface area contributed by atoms with E-state index in [1.54, 1.807) is 0 Å². The maximum absolute atomic E-state index is 13.4. The SMILES string of the molecule is Cc1cccc(C2=CC3COCC(C2)N3C(=O)OCC2c3ccccc3-c3ccccc32)c1C. The summed E-state index contributed by atoms with van der Waals surface area (Å²) in [7, 11) is 0. The molecule has 1 fully saturated rings. The second kappa shape index (κ2) is 8.44. The zero-order valence-electron chi connectivity index (χ0n) is 19.7. The highest BCUT2D eigenvalue weighted by Crippen LogP contribution is 2.44. The van der Waals surface area contributed by atoms with Gasteiger partial charge < -0.3 is 9.47 Å². The van der Waals surface area contributed by atoms with E-state index in [0.29, 0.717) is 19.8 Å². The van der Waals surface area contributed by atoms with Gasteiger partial charge in [0.1, 0.15) is 6.61 Å². The Labute approximate surface area is 200 Å². The van der Waals surface area contributed by atoms with E-state index in [0.717, 1.165) is 6.42 Å². The van der Waals surface area contributed by atoms with Crippen LogP contribution < -0.4 is 0 Å². The molecule has 2 atom stereocenters. The van der Waals surface area contributed by atoms with Crippen LogP contribution in [0.15, 0.2) is 72.8 Å². The number of benzene rings is 3. The maximum Gasteiger partial charge on any atom is 0.410 e. The smallest absolute Gasteiger partial charge is 0.410 e. The van der Waals surface area contributed by atoms with Gasteiger partial charge in [0.15, 0.2) is 0 Å². The van der Waals surface area contributed by atoms with Gasteiger partial charge in [-0.2, -0.15) is 0 Å². The van der Waals surface area contributed by atoms with Crippen LogP contribution >= 0.6 is 0 Å². The Bertz CT molecular complexity index is 1250. The van der Waals surface area contributed by atoms with Gasteiger partial charge in [-0.3, -0.25) is 4.90 Å². The highest BCUT2D eigenvalue weighted by atomic mass is 16.6. The van der Waals surface area contributed by atoms with Crippen molar-refractivity contribution in [3.63, 3.8) is 0 Å². The molecular formula is C30H29NO3. The fourth-order valence-electron chi connectivity index (χ4n) is 5.85. The van der Waals surface area contributed by atoms with Gasteiger partial charge in [-0.1, -0.05) is 72.8 Å². The van der Waals surface area contributed by atoms with Crippen molar-refractivity contribution < 1.29 is 14.3 Å². The average molecular weight is 452 g/mol. The molecule has 172 valence electrons. The molecule has 3 aliphatic rings. The first-order valence-electron chi connectivity index (χ1n) is 12.1. The number of rotatable bonds is 3. The Kier molecular flexibility index (Phi) is 5.26. The van der Waals surface area contributed by atoms with E-state index in [1.807, 2.05) is 4.90 Å². The Hall–Kier alpha value is -3.37. The van der Waals surface area contributed by atoms with Crippen LogP contribution in [0.5, 0.6) is 0 Å². The van der Waals surface area contributed by atoms with Gasteiger partial charge in [-0.15, -0.1) is 0 Å². The molecule has 2 bridgehead atoms. The number of ether oxygens (including phenoxy) is 2. The summed E-state index contributed by atoms with van der Waals surface area (Å²) in [5.74, 6) is 0.0678. The van der Waals surface area contributed by atoms with E-state index in [9.17, 15) is 4.79 Å². The number of amides is 1. The molecule has 4 nitrogen and oxygen atoms in total. The van der Waals surface area contributed by atoms with Crippen LogP contribution in [0.2, 0.25) is 0 Å². The van der Waals surface area contributed by atoms with Gasteiger partial charge in [-0.05, 0) is 64.8 Å². The molecule has 0 saturated carbocycles. The Morgan fingerprint density at radius 3 is 2.29 bits per heavy atom. The normalized spacial score (nSPS) is 21.0. The predicted molar refractivity (Wildman–Crippen MR) is 134 cm³/mol. The van der Waals surface area contributed by atoms with E-state index < -0.39 is 0 Å². The summed E-state index contributed by atoms with van der Waals surface area (Å²) in [5, 5.41) is 0. The van der Waals surface area contributed by atoms with Gasteiger partial charge in [0.25, 0.3) is 0 Å². The van der Waals surface area contributed by atoms with Gasteiger partial charge in [0, 0.05) is 5.92 Å². The summed E-state index contributed by atoms with van der Waals surface area (Å²) < 4.78 is 11.8. The molecule has 0 spiro atoms. The topological polar surface area (TPSA) is 38.8 Å². The predicted octanol–water partition coefficient (Wildman–Crippen LogP) is 6.11. The number of hydrogen-bond acceptors (Lipinski definition) is 3. The number of carbonyl (C=O) groups excluding carboxylic acids is 1. The molecule has 0 N–H and O–H groups in total. The zero-order valence-corrected chi connectivity index (χ0v) is 19.7. The number of carbonyl (C=O) groups is 1. The molecule has 2 aliphatic heterocycles. The van der Waals surface area contributed by atoms with E-state index in [-0.39, 0.29) is 24.1 Å². The minimum absolute atomic E-state index is 0.00527. The van der Waals surface area contributed by atoms with Crippen LogP contribution in [0.25, 0.3) is 16.7 Å². The summed E-state index contributed by atoms with van der Waals surface area (Å²) in [6.45, 7) is 5.72. The average Bonchev–Trinajstić information content (AvgIpc) is 3.17. The number of morpholine rings is 1. The third-order valence-electron chi connectivity index (χ3n) is 7.70. The molecule has 2 heterocycles. The summed E-state index contributed by atoms with van der Waals surface area (Å²) in [6, 6.07) is 23.2. The standard InChI is InChI=1S/C30H29NO3/c1-19-8-7-13-24(20(19)2)21-14-22-16-33-17-23(15-21)31(22)30(32)34-18-29-27-11-5-3-9-25(27)26-10-4-6-12-28(26)29/h3-14,22-23,29H,15-18H2,1-2H3. The zero-order chi connectivity index (χ0) is 23.2. The molecule has 0 radical (unpaired) electrons. The summed E-state index contributed by atoms with van der Waals surface area (Å²) in [6.07, 6.45) is 2.75. The van der Waals surface area contributed by atoms with Crippen molar-refractivity contribution in [3.8, 4) is 11.1 Å². The number of fused-ring (bicyclic) bond motifs is 5. The first-order valence-corrected chi connectivity index (χ1v) is 12.1. The quantitative estimate of drug-likeness (QED) is 0.482. The van der Waals surface area contributed by atoms with Crippen molar-refractivity contribution in [1.29, 1.82) is 0 Å². The first-order chi connectivity index (χ1) is 16.6. The van der Waals surface area contributed by atoms with Crippen molar-refractivity contribution in [2.24, 2.45) is 0 Å².